The Balaban J connectivity index is 2.25. The van der Waals surface area contributed by atoms with Crippen LogP contribution in [-0.4, -0.2) is 16.8 Å². The van der Waals surface area contributed by atoms with E-state index in [4.69, 9.17) is 0 Å². The van der Waals surface area contributed by atoms with Crippen LogP contribution in [0.5, 0.6) is 0 Å². The lowest BCUT2D eigenvalue weighted by Crippen LogP contribution is -2.14. The Bertz CT molecular complexity index is 536. The zero-order valence-corrected chi connectivity index (χ0v) is 13.0. The lowest BCUT2D eigenvalue weighted by Gasteiger charge is -2.14. The first-order valence-corrected chi connectivity index (χ1v) is 7.51. The molecule has 0 saturated heterocycles. The van der Waals surface area contributed by atoms with Crippen LogP contribution in [0.25, 0.3) is 11.1 Å². The van der Waals surface area contributed by atoms with E-state index in [9.17, 15) is 0 Å². The first-order chi connectivity index (χ1) is 9.69. The second-order valence-corrected chi connectivity index (χ2v) is 5.26. The van der Waals surface area contributed by atoms with Gasteiger partial charge in [-0.05, 0) is 37.9 Å². The van der Waals surface area contributed by atoms with Gasteiger partial charge in [0.2, 0.25) is 0 Å². The van der Waals surface area contributed by atoms with Crippen LogP contribution < -0.4 is 5.32 Å². The highest BCUT2D eigenvalue weighted by molar-refractivity contribution is 5.65. The summed E-state index contributed by atoms with van der Waals surface area (Å²) in [5.41, 5.74) is 4.94. The predicted octanol–water partition coefficient (Wildman–Crippen LogP) is 3.94. The van der Waals surface area contributed by atoms with Crippen LogP contribution in [0.15, 0.2) is 30.5 Å². The third-order valence-corrected chi connectivity index (χ3v) is 3.78. The second kappa shape index (κ2) is 6.71. The van der Waals surface area contributed by atoms with E-state index in [0.717, 1.165) is 25.1 Å². The fourth-order valence-electron chi connectivity index (χ4n) is 2.65. The van der Waals surface area contributed by atoms with Crippen molar-refractivity contribution < 1.29 is 0 Å². The quantitative estimate of drug-likeness (QED) is 0.862. The summed E-state index contributed by atoms with van der Waals surface area (Å²) in [6.07, 6.45) is 4.37. The molecule has 1 aromatic carbocycles. The number of hydrogen-bond acceptors (Lipinski definition) is 2. The summed E-state index contributed by atoms with van der Waals surface area (Å²) in [7, 11) is 2.01. The van der Waals surface area contributed by atoms with Gasteiger partial charge in [0.05, 0.1) is 5.69 Å². The van der Waals surface area contributed by atoms with Crippen LogP contribution in [0.3, 0.4) is 0 Å². The van der Waals surface area contributed by atoms with Gasteiger partial charge in [-0.25, -0.2) is 0 Å². The molecule has 0 amide bonds. The van der Waals surface area contributed by atoms with Gasteiger partial charge in [-0.15, -0.1) is 0 Å². The standard InChI is InChI=1S/C17H25N3/c1-5-11-20-12-16(13(3)19-20)14-7-9-15(10-8-14)17(6-2)18-4/h7-10,12,17-18H,5-6,11H2,1-4H3. The Morgan fingerprint density at radius 2 is 1.90 bits per heavy atom. The lowest BCUT2D eigenvalue weighted by molar-refractivity contribution is 0.577. The van der Waals surface area contributed by atoms with E-state index in [1.807, 2.05) is 11.7 Å². The highest BCUT2D eigenvalue weighted by Crippen LogP contribution is 2.25. The highest BCUT2D eigenvalue weighted by Gasteiger charge is 2.09. The summed E-state index contributed by atoms with van der Waals surface area (Å²) >= 11 is 0. The van der Waals surface area contributed by atoms with Crippen molar-refractivity contribution in [2.75, 3.05) is 7.05 Å². The maximum absolute atomic E-state index is 4.57. The smallest absolute Gasteiger partial charge is 0.0672 e. The Labute approximate surface area is 122 Å². The molecule has 1 aromatic heterocycles. The predicted molar refractivity (Wildman–Crippen MR) is 84.8 cm³/mol. The number of nitrogens with zero attached hydrogens (tertiary/aromatic N) is 2. The van der Waals surface area contributed by atoms with Gasteiger partial charge in [0.15, 0.2) is 0 Å². The molecule has 0 aliphatic heterocycles. The third kappa shape index (κ3) is 3.10. The van der Waals surface area contributed by atoms with Crippen molar-refractivity contribution in [1.82, 2.24) is 15.1 Å². The molecule has 0 aliphatic rings. The van der Waals surface area contributed by atoms with Gasteiger partial charge in [-0.3, -0.25) is 4.68 Å². The fourth-order valence-corrected chi connectivity index (χ4v) is 2.65. The molecule has 2 rings (SSSR count). The minimum Gasteiger partial charge on any atom is -0.313 e. The van der Waals surface area contributed by atoms with Gasteiger partial charge in [0.25, 0.3) is 0 Å². The highest BCUT2D eigenvalue weighted by atomic mass is 15.3. The molecule has 108 valence electrons. The van der Waals surface area contributed by atoms with Crippen LogP contribution >= 0.6 is 0 Å². The molecular formula is C17H25N3. The van der Waals surface area contributed by atoms with Crippen LogP contribution in [0, 0.1) is 6.92 Å². The van der Waals surface area contributed by atoms with Crippen molar-refractivity contribution in [3.8, 4) is 11.1 Å². The van der Waals surface area contributed by atoms with Crippen molar-refractivity contribution >= 4 is 0 Å². The summed E-state index contributed by atoms with van der Waals surface area (Å²) in [5, 5.41) is 7.91. The molecule has 20 heavy (non-hydrogen) atoms. The van der Waals surface area contributed by atoms with Crippen LogP contribution in [0.2, 0.25) is 0 Å². The van der Waals surface area contributed by atoms with Crippen molar-refractivity contribution in [2.24, 2.45) is 0 Å². The number of aromatic nitrogens is 2. The minimum atomic E-state index is 0.438. The number of rotatable bonds is 6. The van der Waals surface area contributed by atoms with Gasteiger partial charge in [0, 0.05) is 24.3 Å². The molecule has 0 bridgehead atoms. The molecule has 1 unspecified atom stereocenters. The topological polar surface area (TPSA) is 29.9 Å². The largest absolute Gasteiger partial charge is 0.313 e. The summed E-state index contributed by atoms with van der Waals surface area (Å²) < 4.78 is 2.04. The molecule has 2 aromatic rings. The Morgan fingerprint density at radius 3 is 2.45 bits per heavy atom. The van der Waals surface area contributed by atoms with E-state index in [-0.39, 0.29) is 0 Å². The number of benzene rings is 1. The van der Waals surface area contributed by atoms with E-state index in [1.54, 1.807) is 0 Å². The molecule has 1 N–H and O–H groups in total. The second-order valence-electron chi connectivity index (χ2n) is 5.26. The van der Waals surface area contributed by atoms with Gasteiger partial charge in [-0.1, -0.05) is 38.1 Å². The van der Waals surface area contributed by atoms with Crippen molar-refractivity contribution in [1.29, 1.82) is 0 Å². The number of hydrogen-bond donors (Lipinski definition) is 1. The van der Waals surface area contributed by atoms with Gasteiger partial charge < -0.3 is 5.32 Å². The average Bonchev–Trinajstić information content (AvgIpc) is 2.82. The Morgan fingerprint density at radius 1 is 1.20 bits per heavy atom. The summed E-state index contributed by atoms with van der Waals surface area (Å²) in [5.74, 6) is 0. The van der Waals surface area contributed by atoms with Gasteiger partial charge >= 0.3 is 0 Å². The van der Waals surface area contributed by atoms with E-state index in [1.165, 1.54) is 16.7 Å². The molecule has 3 nitrogen and oxygen atoms in total. The van der Waals surface area contributed by atoms with E-state index < -0.39 is 0 Å². The number of aryl methyl sites for hydroxylation is 2. The first kappa shape index (κ1) is 14.8. The molecule has 0 saturated carbocycles. The first-order valence-electron chi connectivity index (χ1n) is 7.51. The van der Waals surface area contributed by atoms with Crippen molar-refractivity contribution in [3.05, 3.63) is 41.7 Å². The van der Waals surface area contributed by atoms with Crippen LogP contribution in [0.4, 0.5) is 0 Å². The minimum absolute atomic E-state index is 0.438. The maximum Gasteiger partial charge on any atom is 0.0672 e. The molecule has 1 heterocycles. The average molecular weight is 271 g/mol. The summed E-state index contributed by atoms with van der Waals surface area (Å²) in [6, 6.07) is 9.28. The lowest BCUT2D eigenvalue weighted by atomic mass is 10.00. The Kier molecular flexibility index (Phi) is 4.96. The normalized spacial score (nSPS) is 12.6. The zero-order valence-electron chi connectivity index (χ0n) is 13.0. The molecule has 0 radical (unpaired) electrons. The van der Waals surface area contributed by atoms with Crippen molar-refractivity contribution in [3.63, 3.8) is 0 Å². The van der Waals surface area contributed by atoms with E-state index in [0.29, 0.717) is 6.04 Å². The van der Waals surface area contributed by atoms with Gasteiger partial charge in [-0.2, -0.15) is 5.10 Å². The zero-order chi connectivity index (χ0) is 14.5. The fraction of sp³-hybridized carbons (Fsp3) is 0.471. The molecule has 3 heteroatoms. The number of nitrogens with one attached hydrogen (secondary N) is 1. The van der Waals surface area contributed by atoms with E-state index >= 15 is 0 Å². The van der Waals surface area contributed by atoms with Crippen molar-refractivity contribution in [2.45, 2.75) is 46.2 Å². The molecule has 0 spiro atoms. The van der Waals surface area contributed by atoms with Crippen LogP contribution in [-0.2, 0) is 6.54 Å². The molecule has 0 aliphatic carbocycles. The van der Waals surface area contributed by atoms with E-state index in [2.05, 4.69) is 61.6 Å². The van der Waals surface area contributed by atoms with Gasteiger partial charge in [0.1, 0.15) is 0 Å². The molecule has 0 fully saturated rings. The van der Waals surface area contributed by atoms with Crippen LogP contribution in [0.1, 0.15) is 44.0 Å². The molecule has 1 atom stereocenters. The molecular weight excluding hydrogens is 246 g/mol. The maximum atomic E-state index is 4.57. The summed E-state index contributed by atoms with van der Waals surface area (Å²) in [4.78, 5) is 0. The Hall–Kier alpha value is -1.61. The SMILES string of the molecule is CCCn1cc(-c2ccc(C(CC)NC)cc2)c(C)n1. The summed E-state index contributed by atoms with van der Waals surface area (Å²) in [6.45, 7) is 7.44. The third-order valence-electron chi connectivity index (χ3n) is 3.78. The monoisotopic (exact) mass is 271 g/mol.